The molecule has 0 N–H and O–H groups in total. The van der Waals surface area contributed by atoms with E-state index in [1.165, 1.54) is 11.0 Å². The van der Waals surface area contributed by atoms with Gasteiger partial charge in [0.25, 0.3) is 0 Å². The third-order valence-electron chi connectivity index (χ3n) is 4.35. The number of benzene rings is 1. The Bertz CT molecular complexity index is 689. The first-order valence-electron chi connectivity index (χ1n) is 7.65. The number of rotatable bonds is 2. The Hall–Kier alpha value is -1.69. The number of aryl methyl sites for hydroxylation is 1. The molecule has 1 atom stereocenters. The molecule has 1 saturated heterocycles. The van der Waals surface area contributed by atoms with Gasteiger partial charge in [-0.3, -0.25) is 9.59 Å². The van der Waals surface area contributed by atoms with Crippen LogP contribution >= 0.6 is 15.9 Å². The Morgan fingerprint density at radius 2 is 2.17 bits per heavy atom. The maximum absolute atomic E-state index is 13.4. The van der Waals surface area contributed by atoms with Crippen molar-refractivity contribution in [1.29, 1.82) is 0 Å². The van der Waals surface area contributed by atoms with Crippen molar-refractivity contribution in [3.8, 4) is 0 Å². The van der Waals surface area contributed by atoms with Gasteiger partial charge in [0.2, 0.25) is 11.8 Å². The maximum Gasteiger partial charge on any atom is 0.228 e. The van der Waals surface area contributed by atoms with Crippen LogP contribution in [0.4, 0.5) is 10.1 Å². The molecule has 2 heterocycles. The van der Waals surface area contributed by atoms with Gasteiger partial charge >= 0.3 is 0 Å². The molecule has 0 aromatic heterocycles. The first kappa shape index (κ1) is 16.2. The summed E-state index contributed by atoms with van der Waals surface area (Å²) in [5.41, 5.74) is 1.84. The van der Waals surface area contributed by atoms with Crippen LogP contribution in [0.2, 0.25) is 0 Å². The molecule has 0 spiro atoms. The van der Waals surface area contributed by atoms with Gasteiger partial charge in [0.05, 0.1) is 12.5 Å². The Kier molecular flexibility index (Phi) is 4.53. The SMILES string of the molecule is Cc1cc(N2C[C@H](C(=O)N3CCC=C(F)C3)CC2=O)ccc1Br. The van der Waals surface area contributed by atoms with Crippen LogP contribution in [-0.4, -0.2) is 36.3 Å². The second-order valence-electron chi connectivity index (χ2n) is 6.04. The molecule has 6 heteroatoms. The van der Waals surface area contributed by atoms with Gasteiger partial charge in [-0.1, -0.05) is 15.9 Å². The van der Waals surface area contributed by atoms with Gasteiger partial charge < -0.3 is 9.80 Å². The summed E-state index contributed by atoms with van der Waals surface area (Å²) in [6, 6.07) is 5.70. The van der Waals surface area contributed by atoms with Crippen molar-refractivity contribution in [3.05, 3.63) is 40.1 Å². The van der Waals surface area contributed by atoms with Gasteiger partial charge in [-0.2, -0.15) is 0 Å². The smallest absolute Gasteiger partial charge is 0.228 e. The standard InChI is InChI=1S/C17H18BrFN2O2/c1-11-7-14(4-5-15(11)18)21-9-12(8-16(21)22)17(23)20-6-2-3-13(19)10-20/h3-5,7,12H,2,6,8-10H2,1H3/t12-/m1/s1. The molecule has 4 nitrogen and oxygen atoms in total. The highest BCUT2D eigenvalue weighted by molar-refractivity contribution is 9.10. The highest BCUT2D eigenvalue weighted by atomic mass is 79.9. The monoisotopic (exact) mass is 380 g/mol. The number of carbonyl (C=O) groups excluding carboxylic acids is 2. The van der Waals surface area contributed by atoms with Gasteiger partial charge in [0.15, 0.2) is 0 Å². The molecule has 0 bridgehead atoms. The summed E-state index contributed by atoms with van der Waals surface area (Å²) >= 11 is 3.44. The topological polar surface area (TPSA) is 40.6 Å². The van der Waals surface area contributed by atoms with Crippen molar-refractivity contribution in [2.24, 2.45) is 5.92 Å². The molecule has 0 aliphatic carbocycles. The van der Waals surface area contributed by atoms with Gasteiger partial charge in [0.1, 0.15) is 5.83 Å². The second kappa shape index (κ2) is 6.43. The van der Waals surface area contributed by atoms with Crippen molar-refractivity contribution in [1.82, 2.24) is 4.90 Å². The normalized spacial score (nSPS) is 21.6. The largest absolute Gasteiger partial charge is 0.335 e. The maximum atomic E-state index is 13.4. The molecule has 2 amide bonds. The summed E-state index contributed by atoms with van der Waals surface area (Å²) in [6.45, 7) is 2.87. The van der Waals surface area contributed by atoms with E-state index in [2.05, 4.69) is 15.9 Å². The Morgan fingerprint density at radius 3 is 2.87 bits per heavy atom. The van der Waals surface area contributed by atoms with E-state index in [0.717, 1.165) is 15.7 Å². The Balaban J connectivity index is 1.73. The lowest BCUT2D eigenvalue weighted by molar-refractivity contribution is -0.135. The number of hydrogen-bond acceptors (Lipinski definition) is 2. The number of anilines is 1. The molecule has 0 saturated carbocycles. The molecule has 2 aliphatic rings. The lowest BCUT2D eigenvalue weighted by atomic mass is 10.1. The fraction of sp³-hybridized carbons (Fsp3) is 0.412. The zero-order valence-electron chi connectivity index (χ0n) is 12.9. The van der Waals surface area contributed by atoms with E-state index >= 15 is 0 Å². The van der Waals surface area contributed by atoms with Crippen LogP contribution in [0.5, 0.6) is 0 Å². The molecular formula is C17H18BrFN2O2. The van der Waals surface area contributed by atoms with Gasteiger partial charge in [0, 0.05) is 29.7 Å². The highest BCUT2D eigenvalue weighted by Crippen LogP contribution is 2.29. The van der Waals surface area contributed by atoms with E-state index < -0.39 is 5.92 Å². The molecule has 122 valence electrons. The van der Waals surface area contributed by atoms with E-state index in [0.29, 0.717) is 19.5 Å². The van der Waals surface area contributed by atoms with E-state index in [4.69, 9.17) is 0 Å². The van der Waals surface area contributed by atoms with Crippen molar-refractivity contribution in [2.45, 2.75) is 19.8 Å². The first-order chi connectivity index (χ1) is 11.0. The minimum Gasteiger partial charge on any atom is -0.335 e. The van der Waals surface area contributed by atoms with Gasteiger partial charge in [-0.25, -0.2) is 4.39 Å². The van der Waals surface area contributed by atoms with E-state index in [1.54, 1.807) is 4.90 Å². The molecule has 3 rings (SSSR count). The van der Waals surface area contributed by atoms with Gasteiger partial charge in [-0.15, -0.1) is 0 Å². The summed E-state index contributed by atoms with van der Waals surface area (Å²) in [4.78, 5) is 28.0. The minimum atomic E-state index is -0.391. The van der Waals surface area contributed by atoms with Crippen LogP contribution < -0.4 is 4.90 Å². The number of halogens is 2. The Labute approximate surface area is 143 Å². The fourth-order valence-electron chi connectivity index (χ4n) is 3.07. The zero-order valence-corrected chi connectivity index (χ0v) is 14.5. The summed E-state index contributed by atoms with van der Waals surface area (Å²) in [6.07, 6.45) is 2.24. The second-order valence-corrected chi connectivity index (χ2v) is 6.89. The van der Waals surface area contributed by atoms with Crippen LogP contribution in [-0.2, 0) is 9.59 Å². The third-order valence-corrected chi connectivity index (χ3v) is 5.24. The van der Waals surface area contributed by atoms with E-state index in [1.807, 2.05) is 25.1 Å². The van der Waals surface area contributed by atoms with Crippen molar-refractivity contribution < 1.29 is 14.0 Å². The van der Waals surface area contributed by atoms with Crippen LogP contribution in [0.25, 0.3) is 0 Å². The van der Waals surface area contributed by atoms with Gasteiger partial charge in [-0.05, 0) is 43.2 Å². The molecule has 23 heavy (non-hydrogen) atoms. The van der Waals surface area contributed by atoms with Crippen LogP contribution in [0.3, 0.4) is 0 Å². The van der Waals surface area contributed by atoms with Crippen LogP contribution in [0.1, 0.15) is 18.4 Å². The molecule has 0 unspecified atom stereocenters. The molecule has 2 aliphatic heterocycles. The number of carbonyl (C=O) groups is 2. The van der Waals surface area contributed by atoms with Crippen molar-refractivity contribution in [3.63, 3.8) is 0 Å². The van der Waals surface area contributed by atoms with Crippen molar-refractivity contribution >= 4 is 33.4 Å². The lowest BCUT2D eigenvalue weighted by Gasteiger charge is -2.27. The summed E-state index contributed by atoms with van der Waals surface area (Å²) in [5.74, 6) is -0.845. The van der Waals surface area contributed by atoms with Crippen molar-refractivity contribution in [2.75, 3.05) is 24.5 Å². The summed E-state index contributed by atoms with van der Waals surface area (Å²) in [5, 5.41) is 0. The van der Waals surface area contributed by atoms with E-state index in [-0.39, 0.29) is 30.6 Å². The average Bonchev–Trinajstić information content (AvgIpc) is 2.91. The zero-order chi connectivity index (χ0) is 16.6. The summed E-state index contributed by atoms with van der Waals surface area (Å²) in [7, 11) is 0. The third kappa shape index (κ3) is 3.32. The molecular weight excluding hydrogens is 363 g/mol. The molecule has 1 fully saturated rings. The molecule has 1 aromatic carbocycles. The Morgan fingerprint density at radius 1 is 1.39 bits per heavy atom. The predicted molar refractivity (Wildman–Crippen MR) is 89.7 cm³/mol. The fourth-order valence-corrected chi connectivity index (χ4v) is 3.32. The number of nitrogens with zero attached hydrogens (tertiary/aromatic N) is 2. The predicted octanol–water partition coefficient (Wildman–Crippen LogP) is 3.20. The minimum absolute atomic E-state index is 0.0287. The summed E-state index contributed by atoms with van der Waals surface area (Å²) < 4.78 is 14.3. The average molecular weight is 381 g/mol. The molecule has 1 aromatic rings. The van der Waals surface area contributed by atoms with Crippen LogP contribution in [0.15, 0.2) is 34.6 Å². The first-order valence-corrected chi connectivity index (χ1v) is 8.45. The number of hydrogen-bond donors (Lipinski definition) is 0. The highest BCUT2D eigenvalue weighted by Gasteiger charge is 2.37. The molecule has 0 radical (unpaired) electrons. The lowest BCUT2D eigenvalue weighted by Crippen LogP contribution is -2.40. The van der Waals surface area contributed by atoms with Crippen LogP contribution in [0, 0.1) is 12.8 Å². The van der Waals surface area contributed by atoms with E-state index in [9.17, 15) is 14.0 Å². The quantitative estimate of drug-likeness (QED) is 0.790. The number of amides is 2.